The van der Waals surface area contributed by atoms with Gasteiger partial charge in [-0.25, -0.2) is 22.5 Å². The largest absolute Gasteiger partial charge is 0.457 e. The number of amidine groups is 1. The molecule has 2 aliphatic heterocycles. The lowest BCUT2D eigenvalue weighted by atomic mass is 9.97. The predicted octanol–water partition coefficient (Wildman–Crippen LogP) is 2.19. The van der Waals surface area contributed by atoms with E-state index in [1.54, 1.807) is 44.2 Å². The number of hydrogen-bond donors (Lipinski definition) is 3. The van der Waals surface area contributed by atoms with E-state index < -0.39 is 32.7 Å². The summed E-state index contributed by atoms with van der Waals surface area (Å²) in [5, 5.41) is 17.6. The third-order valence-corrected chi connectivity index (χ3v) is 8.74. The molecule has 2 fully saturated rings. The summed E-state index contributed by atoms with van der Waals surface area (Å²) in [5.74, 6) is -0.490. The van der Waals surface area contributed by atoms with E-state index in [0.29, 0.717) is 12.1 Å². The zero-order valence-electron chi connectivity index (χ0n) is 21.2. The van der Waals surface area contributed by atoms with Gasteiger partial charge in [-0.2, -0.15) is 0 Å². The quantitative estimate of drug-likeness (QED) is 0.476. The number of benzene rings is 2. The molecule has 2 saturated heterocycles. The van der Waals surface area contributed by atoms with Crippen LogP contribution in [-0.2, 0) is 14.8 Å². The van der Waals surface area contributed by atoms with Crippen LogP contribution in [0.4, 0.5) is 10.1 Å². The van der Waals surface area contributed by atoms with Crippen LogP contribution >= 0.6 is 0 Å². The number of aliphatic imine (C=N–C) groups is 1. The van der Waals surface area contributed by atoms with Gasteiger partial charge in [-0.05, 0) is 44.0 Å². The standard InChI is InChI=1S/C26H35FN4O5S/c1-26(2)24(19-7-9-20(10-8-19)31-14-12-30(13-15-31)16-18-33)37(34,35)29-25(36-26)28-23(11-17-32)21-5-3-4-6-22(21)27/h3-10,23-24,32-33H,11-18H2,1-2H3,(H,28,29). The van der Waals surface area contributed by atoms with E-state index in [9.17, 15) is 17.9 Å². The number of piperazine rings is 1. The van der Waals surface area contributed by atoms with E-state index in [-0.39, 0.29) is 31.2 Å². The maximum atomic E-state index is 14.4. The Bertz CT molecular complexity index is 1200. The Hall–Kier alpha value is -2.73. The molecular formula is C26H35FN4O5S. The molecule has 2 atom stereocenters. The van der Waals surface area contributed by atoms with Crippen LogP contribution in [0.2, 0.25) is 0 Å². The van der Waals surface area contributed by atoms with Crippen molar-refractivity contribution in [3.8, 4) is 0 Å². The minimum Gasteiger partial charge on any atom is -0.457 e. The van der Waals surface area contributed by atoms with Crippen molar-refractivity contribution in [2.75, 3.05) is 50.8 Å². The lowest BCUT2D eigenvalue weighted by Crippen LogP contribution is -2.53. The highest BCUT2D eigenvalue weighted by Crippen LogP contribution is 2.39. The number of aliphatic hydroxyl groups is 2. The van der Waals surface area contributed by atoms with Crippen molar-refractivity contribution in [2.24, 2.45) is 4.99 Å². The van der Waals surface area contributed by atoms with Crippen LogP contribution in [-0.4, -0.2) is 81.1 Å². The molecule has 2 aromatic carbocycles. The van der Waals surface area contributed by atoms with Gasteiger partial charge in [0.15, 0.2) is 0 Å². The number of aliphatic hydroxyl groups excluding tert-OH is 2. The third kappa shape index (κ3) is 6.23. The number of β-amino-alcohol motifs (C(OH)–C–C–N with tert-alkyl or cyclic N) is 1. The number of halogens is 1. The second-order valence-electron chi connectivity index (χ2n) is 9.86. The van der Waals surface area contributed by atoms with Crippen LogP contribution in [0.3, 0.4) is 0 Å². The summed E-state index contributed by atoms with van der Waals surface area (Å²) in [5.41, 5.74) is 0.672. The summed E-state index contributed by atoms with van der Waals surface area (Å²) >= 11 is 0. The highest BCUT2D eigenvalue weighted by atomic mass is 32.2. The van der Waals surface area contributed by atoms with Gasteiger partial charge in [0.25, 0.3) is 6.02 Å². The monoisotopic (exact) mass is 534 g/mol. The molecule has 3 N–H and O–H groups in total. The molecule has 2 heterocycles. The average Bonchev–Trinajstić information content (AvgIpc) is 2.84. The molecule has 4 rings (SSSR count). The SMILES string of the molecule is CC1(C)OC(=NC(CCO)c2ccccc2F)NS(=O)(=O)C1c1ccc(N2CCN(CCO)CC2)cc1. The maximum absolute atomic E-state index is 14.4. The molecule has 9 nitrogen and oxygen atoms in total. The average molecular weight is 535 g/mol. The van der Waals surface area contributed by atoms with E-state index in [4.69, 9.17) is 9.84 Å². The lowest BCUT2D eigenvalue weighted by molar-refractivity contribution is 0.0758. The van der Waals surface area contributed by atoms with E-state index in [2.05, 4.69) is 19.5 Å². The van der Waals surface area contributed by atoms with Crippen molar-refractivity contribution in [1.82, 2.24) is 9.62 Å². The zero-order chi connectivity index (χ0) is 26.6. The van der Waals surface area contributed by atoms with Gasteiger partial charge >= 0.3 is 0 Å². The van der Waals surface area contributed by atoms with Gasteiger partial charge in [0.05, 0.1) is 12.6 Å². The van der Waals surface area contributed by atoms with Gasteiger partial charge in [-0.1, -0.05) is 30.3 Å². The molecule has 37 heavy (non-hydrogen) atoms. The Morgan fingerprint density at radius 3 is 2.35 bits per heavy atom. The normalized spacial score (nSPS) is 23.3. The second-order valence-corrected chi connectivity index (χ2v) is 11.6. The minimum atomic E-state index is -3.94. The van der Waals surface area contributed by atoms with E-state index in [1.807, 2.05) is 12.1 Å². The van der Waals surface area contributed by atoms with E-state index >= 15 is 0 Å². The smallest absolute Gasteiger partial charge is 0.299 e. The number of ether oxygens (including phenoxy) is 1. The summed E-state index contributed by atoms with van der Waals surface area (Å²) in [6, 6.07) is 12.5. The lowest BCUT2D eigenvalue weighted by Gasteiger charge is -2.40. The predicted molar refractivity (Wildman–Crippen MR) is 140 cm³/mol. The fourth-order valence-corrected chi connectivity index (χ4v) is 6.81. The highest BCUT2D eigenvalue weighted by Gasteiger charge is 2.48. The number of rotatable bonds is 8. The number of nitrogens with one attached hydrogen (secondary N) is 1. The van der Waals surface area contributed by atoms with Gasteiger partial charge in [-0.3, -0.25) is 4.90 Å². The summed E-state index contributed by atoms with van der Waals surface area (Å²) in [7, 11) is -3.94. The first-order valence-electron chi connectivity index (χ1n) is 12.5. The van der Waals surface area contributed by atoms with Crippen molar-refractivity contribution in [1.29, 1.82) is 0 Å². The molecule has 0 radical (unpaired) electrons. The van der Waals surface area contributed by atoms with Crippen molar-refractivity contribution < 1.29 is 27.8 Å². The van der Waals surface area contributed by atoms with E-state index in [0.717, 1.165) is 31.9 Å². The first kappa shape index (κ1) is 27.3. The van der Waals surface area contributed by atoms with Crippen molar-refractivity contribution in [3.05, 3.63) is 65.5 Å². The van der Waals surface area contributed by atoms with Gasteiger partial charge < -0.3 is 19.8 Å². The Labute approximate surface area is 217 Å². The molecule has 2 aliphatic rings. The molecule has 202 valence electrons. The van der Waals surface area contributed by atoms with Gasteiger partial charge in [0, 0.05) is 50.6 Å². The zero-order valence-corrected chi connectivity index (χ0v) is 22.0. The summed E-state index contributed by atoms with van der Waals surface area (Å²) in [4.78, 5) is 8.80. The second kappa shape index (κ2) is 11.3. The van der Waals surface area contributed by atoms with Crippen molar-refractivity contribution in [3.63, 3.8) is 0 Å². The third-order valence-electron chi connectivity index (χ3n) is 6.82. The molecule has 11 heteroatoms. The van der Waals surface area contributed by atoms with Crippen LogP contribution in [0, 0.1) is 5.82 Å². The molecule has 2 aromatic rings. The Morgan fingerprint density at radius 1 is 1.08 bits per heavy atom. The van der Waals surface area contributed by atoms with Crippen LogP contribution in [0.1, 0.15) is 42.7 Å². The highest BCUT2D eigenvalue weighted by molar-refractivity contribution is 7.90. The Morgan fingerprint density at radius 2 is 1.76 bits per heavy atom. The number of nitrogens with zero attached hydrogens (tertiary/aromatic N) is 3. The van der Waals surface area contributed by atoms with Gasteiger partial charge in [-0.15, -0.1) is 0 Å². The first-order chi connectivity index (χ1) is 17.6. The molecule has 0 saturated carbocycles. The van der Waals surface area contributed by atoms with Crippen LogP contribution in [0.15, 0.2) is 53.5 Å². The van der Waals surface area contributed by atoms with Crippen LogP contribution in [0.5, 0.6) is 0 Å². The number of hydrogen-bond acceptors (Lipinski definition) is 8. The molecular weight excluding hydrogens is 499 g/mol. The van der Waals surface area contributed by atoms with Crippen LogP contribution < -0.4 is 9.62 Å². The summed E-state index contributed by atoms with van der Waals surface area (Å²) in [6.45, 7) is 7.30. The molecule has 0 bridgehead atoms. The topological polar surface area (TPSA) is 115 Å². The molecule has 2 unspecified atom stereocenters. The fourth-order valence-electron chi connectivity index (χ4n) is 5.04. The van der Waals surface area contributed by atoms with Crippen LogP contribution in [0.25, 0.3) is 0 Å². The Balaban J connectivity index is 1.53. The van der Waals surface area contributed by atoms with Crippen molar-refractivity contribution >= 4 is 21.7 Å². The summed E-state index contributed by atoms with van der Waals surface area (Å²) in [6.07, 6.45) is 0.106. The first-order valence-corrected chi connectivity index (χ1v) is 14.0. The molecule has 0 amide bonds. The van der Waals surface area contributed by atoms with Gasteiger partial charge in [0.1, 0.15) is 16.7 Å². The number of anilines is 1. The van der Waals surface area contributed by atoms with Gasteiger partial charge in [0.2, 0.25) is 10.0 Å². The van der Waals surface area contributed by atoms with E-state index in [1.165, 1.54) is 6.07 Å². The minimum absolute atomic E-state index is 0.106. The molecule has 0 spiro atoms. The van der Waals surface area contributed by atoms with Crippen molar-refractivity contribution in [2.45, 2.75) is 37.2 Å². The number of sulfonamides is 1. The molecule has 0 aromatic heterocycles. The molecule has 0 aliphatic carbocycles. The Kier molecular flexibility index (Phi) is 8.37. The maximum Gasteiger partial charge on any atom is 0.299 e. The summed E-state index contributed by atoms with van der Waals surface area (Å²) < 4.78 is 49.6. The fraction of sp³-hybridized carbons (Fsp3) is 0.500.